The van der Waals surface area contributed by atoms with Gasteiger partial charge < -0.3 is 0 Å². The van der Waals surface area contributed by atoms with Gasteiger partial charge in [0.2, 0.25) is 0 Å². The van der Waals surface area contributed by atoms with Crippen molar-refractivity contribution in [3.05, 3.63) is 0 Å². The Kier molecular flexibility index (Phi) is 18.1. The van der Waals surface area contributed by atoms with E-state index >= 15 is 0 Å². The van der Waals surface area contributed by atoms with Gasteiger partial charge in [-0.15, -0.1) is 12.3 Å². The van der Waals surface area contributed by atoms with Gasteiger partial charge in [-0.3, -0.25) is 0 Å². The third-order valence-electron chi connectivity index (χ3n) is 3.70. The van der Waals surface area contributed by atoms with Crippen LogP contribution in [0.3, 0.4) is 0 Å². The second-order valence-electron chi connectivity index (χ2n) is 5.59. The molecule has 0 atom stereocenters. The van der Waals surface area contributed by atoms with Crippen molar-refractivity contribution in [2.24, 2.45) is 0 Å². The first kappa shape index (κ1) is 19.0. The molecular formula is C18H33Br. The molecule has 0 fully saturated rings. The van der Waals surface area contributed by atoms with E-state index in [4.69, 9.17) is 6.42 Å². The number of hydrogen-bond acceptors (Lipinski definition) is 0. The fraction of sp³-hybridized carbons (Fsp3) is 0.889. The molecule has 112 valence electrons. The van der Waals surface area contributed by atoms with E-state index in [0.29, 0.717) is 0 Å². The second kappa shape index (κ2) is 18.0. The highest BCUT2D eigenvalue weighted by Gasteiger charge is 1.93. The average molecular weight is 329 g/mol. The van der Waals surface area contributed by atoms with Crippen molar-refractivity contribution in [1.29, 1.82) is 0 Å². The van der Waals surface area contributed by atoms with Crippen LogP contribution in [0.25, 0.3) is 0 Å². The SMILES string of the molecule is C#CCCCCCCCCCCCCCCCCBr. The van der Waals surface area contributed by atoms with Crippen LogP contribution in [0.15, 0.2) is 0 Å². The lowest BCUT2D eigenvalue weighted by Crippen LogP contribution is -1.83. The molecule has 0 amide bonds. The Morgan fingerprint density at radius 3 is 1.16 bits per heavy atom. The average Bonchev–Trinajstić information content (AvgIpc) is 2.43. The Labute approximate surface area is 130 Å². The van der Waals surface area contributed by atoms with Crippen LogP contribution in [0.5, 0.6) is 0 Å². The minimum atomic E-state index is 0.968. The monoisotopic (exact) mass is 328 g/mol. The van der Waals surface area contributed by atoms with Crippen LogP contribution in [-0.4, -0.2) is 5.33 Å². The molecule has 0 unspecified atom stereocenters. The van der Waals surface area contributed by atoms with Crippen LogP contribution in [-0.2, 0) is 0 Å². The Morgan fingerprint density at radius 2 is 0.842 bits per heavy atom. The number of hydrogen-bond donors (Lipinski definition) is 0. The summed E-state index contributed by atoms with van der Waals surface area (Å²) in [5, 5.41) is 1.18. The first-order chi connectivity index (χ1) is 9.41. The van der Waals surface area contributed by atoms with Crippen molar-refractivity contribution in [2.45, 2.75) is 96.3 Å². The summed E-state index contributed by atoms with van der Waals surface area (Å²) in [6.07, 6.45) is 25.9. The summed E-state index contributed by atoms with van der Waals surface area (Å²) < 4.78 is 0. The highest BCUT2D eigenvalue weighted by atomic mass is 79.9. The standard InChI is InChI=1S/C18H33Br/c1-2-3-4-5-6-7-8-9-10-11-12-13-14-15-16-17-18-19/h1H,3-18H2. The van der Waals surface area contributed by atoms with E-state index in [1.807, 2.05) is 0 Å². The molecule has 0 aromatic rings. The molecule has 0 N–H and O–H groups in total. The summed E-state index contributed by atoms with van der Waals surface area (Å²) in [6, 6.07) is 0. The largest absolute Gasteiger partial charge is 0.120 e. The van der Waals surface area contributed by atoms with Crippen molar-refractivity contribution >= 4 is 15.9 Å². The normalized spacial score (nSPS) is 10.5. The summed E-state index contributed by atoms with van der Waals surface area (Å²) in [7, 11) is 0. The van der Waals surface area contributed by atoms with Crippen molar-refractivity contribution in [2.75, 3.05) is 5.33 Å². The summed E-state index contributed by atoms with van der Waals surface area (Å²) >= 11 is 3.48. The molecule has 0 rings (SSSR count). The Hall–Kier alpha value is 0.0400. The number of unbranched alkanes of at least 4 members (excludes halogenated alkanes) is 14. The second-order valence-corrected chi connectivity index (χ2v) is 6.39. The first-order valence-corrected chi connectivity index (χ1v) is 9.53. The molecule has 0 nitrogen and oxygen atoms in total. The molecule has 0 saturated heterocycles. The summed E-state index contributed by atoms with van der Waals surface area (Å²) in [6.45, 7) is 0. The van der Waals surface area contributed by atoms with Gasteiger partial charge in [0.25, 0.3) is 0 Å². The Balaban J connectivity index is 2.90. The predicted octanol–water partition coefficient (Wildman–Crippen LogP) is 6.87. The highest BCUT2D eigenvalue weighted by Crippen LogP contribution is 2.13. The summed E-state index contributed by atoms with van der Waals surface area (Å²) in [5.74, 6) is 2.71. The molecule has 0 aromatic heterocycles. The van der Waals surface area contributed by atoms with Gasteiger partial charge in [-0.2, -0.15) is 0 Å². The molecule has 0 aliphatic carbocycles. The molecule has 0 heterocycles. The van der Waals surface area contributed by atoms with Crippen molar-refractivity contribution in [3.8, 4) is 12.3 Å². The highest BCUT2D eigenvalue weighted by molar-refractivity contribution is 9.09. The first-order valence-electron chi connectivity index (χ1n) is 8.41. The van der Waals surface area contributed by atoms with Gasteiger partial charge in [-0.1, -0.05) is 93.0 Å². The van der Waals surface area contributed by atoms with Gasteiger partial charge in [-0.25, -0.2) is 0 Å². The van der Waals surface area contributed by atoms with Crippen LogP contribution in [0.4, 0.5) is 0 Å². The Bertz CT molecular complexity index is 192. The fourth-order valence-electron chi connectivity index (χ4n) is 2.44. The lowest BCUT2D eigenvalue weighted by molar-refractivity contribution is 0.537. The molecule has 0 spiro atoms. The predicted molar refractivity (Wildman–Crippen MR) is 91.9 cm³/mol. The van der Waals surface area contributed by atoms with E-state index in [9.17, 15) is 0 Å². The van der Waals surface area contributed by atoms with Crippen molar-refractivity contribution in [1.82, 2.24) is 0 Å². The van der Waals surface area contributed by atoms with E-state index in [1.54, 1.807) is 0 Å². The quantitative estimate of drug-likeness (QED) is 0.175. The van der Waals surface area contributed by atoms with E-state index in [0.717, 1.165) is 6.42 Å². The minimum Gasteiger partial charge on any atom is -0.120 e. The van der Waals surface area contributed by atoms with Gasteiger partial charge in [-0.05, 0) is 12.8 Å². The molecule has 0 bridgehead atoms. The lowest BCUT2D eigenvalue weighted by atomic mass is 10.0. The zero-order chi connectivity index (χ0) is 14.0. The third-order valence-corrected chi connectivity index (χ3v) is 4.27. The van der Waals surface area contributed by atoms with Gasteiger partial charge >= 0.3 is 0 Å². The van der Waals surface area contributed by atoms with E-state index in [2.05, 4.69) is 21.9 Å². The molecule has 1 heteroatoms. The number of halogens is 1. The van der Waals surface area contributed by atoms with Crippen LogP contribution < -0.4 is 0 Å². The molecule has 0 aliphatic rings. The maximum absolute atomic E-state index is 5.23. The molecule has 0 saturated carbocycles. The van der Waals surface area contributed by atoms with E-state index < -0.39 is 0 Å². The number of rotatable bonds is 15. The number of alkyl halides is 1. The van der Waals surface area contributed by atoms with Gasteiger partial charge in [0.15, 0.2) is 0 Å². The third kappa shape index (κ3) is 18.0. The van der Waals surface area contributed by atoms with Crippen molar-refractivity contribution < 1.29 is 0 Å². The van der Waals surface area contributed by atoms with Crippen LogP contribution in [0.2, 0.25) is 0 Å². The maximum Gasteiger partial charge on any atom is 0.00860 e. The zero-order valence-electron chi connectivity index (χ0n) is 12.8. The maximum atomic E-state index is 5.23. The summed E-state index contributed by atoms with van der Waals surface area (Å²) in [5.41, 5.74) is 0. The molecule has 0 aliphatic heterocycles. The smallest absolute Gasteiger partial charge is 0.00860 e. The van der Waals surface area contributed by atoms with Crippen LogP contribution >= 0.6 is 15.9 Å². The molecule has 0 radical (unpaired) electrons. The Morgan fingerprint density at radius 1 is 0.526 bits per heavy atom. The van der Waals surface area contributed by atoms with Crippen LogP contribution in [0, 0.1) is 12.3 Å². The van der Waals surface area contributed by atoms with Crippen molar-refractivity contribution in [3.63, 3.8) is 0 Å². The van der Waals surface area contributed by atoms with E-state index in [-0.39, 0.29) is 0 Å². The fourth-order valence-corrected chi connectivity index (χ4v) is 2.84. The van der Waals surface area contributed by atoms with Gasteiger partial charge in [0, 0.05) is 11.8 Å². The molecule has 19 heavy (non-hydrogen) atoms. The van der Waals surface area contributed by atoms with Gasteiger partial charge in [0.1, 0.15) is 0 Å². The topological polar surface area (TPSA) is 0 Å². The zero-order valence-corrected chi connectivity index (χ0v) is 14.4. The van der Waals surface area contributed by atoms with E-state index in [1.165, 1.54) is 95.2 Å². The summed E-state index contributed by atoms with van der Waals surface area (Å²) in [4.78, 5) is 0. The minimum absolute atomic E-state index is 0.968. The van der Waals surface area contributed by atoms with Crippen LogP contribution in [0.1, 0.15) is 96.3 Å². The number of terminal acetylenes is 1. The molecule has 0 aromatic carbocycles. The lowest BCUT2D eigenvalue weighted by Gasteiger charge is -2.02. The molecular weight excluding hydrogens is 296 g/mol. The van der Waals surface area contributed by atoms with Gasteiger partial charge in [0.05, 0.1) is 0 Å².